The Balaban J connectivity index is 1.30. The van der Waals surface area contributed by atoms with E-state index in [2.05, 4.69) is 52.6 Å². The van der Waals surface area contributed by atoms with Gasteiger partial charge in [-0.1, -0.05) is 42.5 Å². The molecule has 3 aromatic rings. The van der Waals surface area contributed by atoms with Gasteiger partial charge in [-0.05, 0) is 73.0 Å². The average Bonchev–Trinajstić information content (AvgIpc) is 2.90. The Morgan fingerprint density at radius 1 is 0.943 bits per heavy atom. The Bertz CT molecular complexity index is 1080. The van der Waals surface area contributed by atoms with E-state index in [1.54, 1.807) is 26.6 Å². The van der Waals surface area contributed by atoms with E-state index in [-0.39, 0.29) is 5.91 Å². The van der Waals surface area contributed by atoms with Gasteiger partial charge in [0, 0.05) is 31.9 Å². The number of pyridine rings is 1. The second-order valence-corrected chi connectivity index (χ2v) is 8.41. The topological polar surface area (TPSA) is 63.7 Å². The fourth-order valence-corrected chi connectivity index (χ4v) is 3.75. The molecule has 1 N–H and O–H groups in total. The molecular formula is C29H35N3O3. The number of rotatable bonds is 13. The molecule has 6 heteroatoms. The summed E-state index contributed by atoms with van der Waals surface area (Å²) >= 11 is 0. The van der Waals surface area contributed by atoms with Crippen LogP contribution in [0, 0.1) is 0 Å². The summed E-state index contributed by atoms with van der Waals surface area (Å²) in [6.45, 7) is 2.54. The highest BCUT2D eigenvalue weighted by Gasteiger charge is 2.06. The number of carbonyl (C=O) groups excluding carboxylic acids is 1. The maximum Gasteiger partial charge on any atom is 0.223 e. The van der Waals surface area contributed by atoms with Crippen LogP contribution >= 0.6 is 0 Å². The van der Waals surface area contributed by atoms with Crippen molar-refractivity contribution in [2.24, 2.45) is 0 Å². The van der Waals surface area contributed by atoms with Crippen LogP contribution in [0.5, 0.6) is 11.5 Å². The van der Waals surface area contributed by atoms with Crippen molar-refractivity contribution in [2.45, 2.75) is 19.3 Å². The highest BCUT2D eigenvalue weighted by atomic mass is 16.5. The molecule has 0 unspecified atom stereocenters. The summed E-state index contributed by atoms with van der Waals surface area (Å²) in [5.41, 5.74) is 4.57. The first-order valence-electron chi connectivity index (χ1n) is 11.9. The maximum absolute atomic E-state index is 12.1. The summed E-state index contributed by atoms with van der Waals surface area (Å²) < 4.78 is 10.7. The van der Waals surface area contributed by atoms with Crippen LogP contribution in [0.2, 0.25) is 0 Å². The minimum atomic E-state index is 0.0441. The normalized spacial score (nSPS) is 11.1. The minimum Gasteiger partial charge on any atom is -0.493 e. The number of hydrogen-bond acceptors (Lipinski definition) is 5. The van der Waals surface area contributed by atoms with Crippen LogP contribution in [0.1, 0.15) is 24.0 Å². The first-order chi connectivity index (χ1) is 17.1. The van der Waals surface area contributed by atoms with E-state index >= 15 is 0 Å². The molecular weight excluding hydrogens is 438 g/mol. The molecule has 1 aromatic heterocycles. The quantitative estimate of drug-likeness (QED) is 0.360. The van der Waals surface area contributed by atoms with Crippen LogP contribution < -0.4 is 14.8 Å². The largest absolute Gasteiger partial charge is 0.493 e. The van der Waals surface area contributed by atoms with E-state index in [9.17, 15) is 4.79 Å². The maximum atomic E-state index is 12.1. The first kappa shape index (κ1) is 26.0. The van der Waals surface area contributed by atoms with Crippen LogP contribution in [0.25, 0.3) is 17.2 Å². The Morgan fingerprint density at radius 2 is 1.66 bits per heavy atom. The molecule has 0 radical (unpaired) electrons. The predicted molar refractivity (Wildman–Crippen MR) is 142 cm³/mol. The highest BCUT2D eigenvalue weighted by molar-refractivity contribution is 5.78. The van der Waals surface area contributed by atoms with Crippen molar-refractivity contribution in [1.82, 2.24) is 15.2 Å². The zero-order valence-corrected chi connectivity index (χ0v) is 20.9. The summed E-state index contributed by atoms with van der Waals surface area (Å²) in [6, 6.07) is 18.3. The Morgan fingerprint density at radius 3 is 2.37 bits per heavy atom. The molecule has 0 fully saturated rings. The average molecular weight is 474 g/mol. The van der Waals surface area contributed by atoms with Crippen molar-refractivity contribution < 1.29 is 14.3 Å². The molecule has 1 heterocycles. The fourth-order valence-electron chi connectivity index (χ4n) is 3.75. The molecule has 1 amide bonds. The fraction of sp³-hybridized carbons (Fsp3) is 0.310. The first-order valence-corrected chi connectivity index (χ1v) is 11.9. The van der Waals surface area contributed by atoms with Gasteiger partial charge in [0.1, 0.15) is 0 Å². The van der Waals surface area contributed by atoms with Gasteiger partial charge >= 0.3 is 0 Å². The third kappa shape index (κ3) is 8.58. The smallest absolute Gasteiger partial charge is 0.223 e. The van der Waals surface area contributed by atoms with Gasteiger partial charge in [0.05, 0.1) is 14.2 Å². The minimum absolute atomic E-state index is 0.0441. The monoisotopic (exact) mass is 473 g/mol. The molecule has 0 aliphatic heterocycles. The number of aromatic nitrogens is 1. The lowest BCUT2D eigenvalue weighted by Gasteiger charge is -2.17. The molecule has 3 rings (SSSR count). The van der Waals surface area contributed by atoms with Gasteiger partial charge in [-0.2, -0.15) is 0 Å². The van der Waals surface area contributed by atoms with Crippen LogP contribution in [0.4, 0.5) is 0 Å². The number of nitrogens with one attached hydrogen (secondary N) is 1. The molecule has 0 atom stereocenters. The molecule has 0 bridgehead atoms. The Kier molecular flexibility index (Phi) is 10.3. The lowest BCUT2D eigenvalue weighted by Crippen LogP contribution is -2.28. The van der Waals surface area contributed by atoms with Crippen molar-refractivity contribution in [3.63, 3.8) is 0 Å². The number of hydrogen-bond donors (Lipinski definition) is 1. The van der Waals surface area contributed by atoms with Crippen LogP contribution in [0.3, 0.4) is 0 Å². The van der Waals surface area contributed by atoms with Crippen molar-refractivity contribution in [3.05, 3.63) is 84.2 Å². The SMILES string of the molecule is COc1ccc(CCN(C)CCCNC(=O)CC=Cc2ccc(-c3ccncc3)cc2)cc1OC. The summed E-state index contributed by atoms with van der Waals surface area (Å²) in [7, 11) is 5.40. The number of benzene rings is 2. The number of ether oxygens (including phenoxy) is 2. The van der Waals surface area contributed by atoms with Gasteiger partial charge in [0.2, 0.25) is 5.91 Å². The molecule has 0 aliphatic rings. The number of nitrogens with zero attached hydrogens (tertiary/aromatic N) is 2. The van der Waals surface area contributed by atoms with Gasteiger partial charge in [-0.25, -0.2) is 0 Å². The lowest BCUT2D eigenvalue weighted by atomic mass is 10.0. The van der Waals surface area contributed by atoms with Crippen LogP contribution in [-0.4, -0.2) is 56.7 Å². The summed E-state index contributed by atoms with van der Waals surface area (Å²) in [6.07, 6.45) is 9.69. The van der Waals surface area contributed by atoms with Gasteiger partial charge in [-0.3, -0.25) is 9.78 Å². The van der Waals surface area contributed by atoms with Crippen molar-refractivity contribution in [1.29, 1.82) is 0 Å². The van der Waals surface area contributed by atoms with Crippen molar-refractivity contribution in [3.8, 4) is 22.6 Å². The van der Waals surface area contributed by atoms with E-state index in [4.69, 9.17) is 9.47 Å². The summed E-state index contributed by atoms with van der Waals surface area (Å²) in [5.74, 6) is 1.54. The van der Waals surface area contributed by atoms with E-state index < -0.39 is 0 Å². The standard InChI is InChI=1S/C29H35N3O3/c1-32(21-16-24-10-13-27(34-2)28(22-24)35-3)20-5-17-31-29(33)7-4-6-23-8-11-25(12-9-23)26-14-18-30-19-15-26/h4,6,8-15,18-19,22H,5,7,16-17,20-21H2,1-3H3,(H,31,33). The zero-order chi connectivity index (χ0) is 24.9. The number of amides is 1. The Hall–Kier alpha value is -3.64. The van der Waals surface area contributed by atoms with Crippen molar-refractivity contribution >= 4 is 12.0 Å². The van der Waals surface area contributed by atoms with Crippen LogP contribution in [-0.2, 0) is 11.2 Å². The second-order valence-electron chi connectivity index (χ2n) is 8.41. The molecule has 35 heavy (non-hydrogen) atoms. The molecule has 0 saturated heterocycles. The van der Waals surface area contributed by atoms with E-state index in [0.717, 1.165) is 54.1 Å². The van der Waals surface area contributed by atoms with E-state index in [1.807, 2.05) is 36.4 Å². The van der Waals surface area contributed by atoms with E-state index in [0.29, 0.717) is 13.0 Å². The predicted octanol–water partition coefficient (Wildman–Crippen LogP) is 4.85. The second kappa shape index (κ2) is 13.9. The molecule has 6 nitrogen and oxygen atoms in total. The van der Waals surface area contributed by atoms with Gasteiger partial charge in [-0.15, -0.1) is 0 Å². The summed E-state index contributed by atoms with van der Waals surface area (Å²) in [4.78, 5) is 18.5. The molecule has 0 aliphatic carbocycles. The van der Waals surface area contributed by atoms with Gasteiger partial charge in [0.15, 0.2) is 11.5 Å². The highest BCUT2D eigenvalue weighted by Crippen LogP contribution is 2.27. The van der Waals surface area contributed by atoms with Gasteiger partial charge < -0.3 is 19.7 Å². The van der Waals surface area contributed by atoms with Gasteiger partial charge in [0.25, 0.3) is 0 Å². The number of carbonyl (C=O) groups is 1. The summed E-state index contributed by atoms with van der Waals surface area (Å²) in [5, 5.41) is 3.00. The number of methoxy groups -OCH3 is 2. The third-order valence-corrected chi connectivity index (χ3v) is 5.81. The Labute approximate surface area is 208 Å². The molecule has 184 valence electrons. The molecule has 0 saturated carbocycles. The third-order valence-electron chi connectivity index (χ3n) is 5.81. The molecule has 0 spiro atoms. The zero-order valence-electron chi connectivity index (χ0n) is 20.9. The van der Waals surface area contributed by atoms with E-state index in [1.165, 1.54) is 5.56 Å². The van der Waals surface area contributed by atoms with Crippen molar-refractivity contribution in [2.75, 3.05) is 40.9 Å². The lowest BCUT2D eigenvalue weighted by molar-refractivity contribution is -0.120. The molecule has 2 aromatic carbocycles. The van der Waals surface area contributed by atoms with Crippen LogP contribution in [0.15, 0.2) is 73.1 Å². The number of likely N-dealkylation sites (N-methyl/N-ethyl adjacent to an activating group) is 1.